The first-order valence-electron chi connectivity index (χ1n) is 8.33. The molecule has 2 aliphatic rings. The van der Waals surface area contributed by atoms with Crippen LogP contribution < -0.4 is 21.3 Å². The quantitative estimate of drug-likeness (QED) is 0.346. The molecule has 0 aromatic rings. The van der Waals surface area contributed by atoms with Crippen molar-refractivity contribution < 1.29 is 9.53 Å². The highest BCUT2D eigenvalue weighted by molar-refractivity contribution is 6.25. The lowest BCUT2D eigenvalue weighted by Crippen LogP contribution is -2.44. The summed E-state index contributed by atoms with van der Waals surface area (Å²) < 4.78 is 4.87. The Labute approximate surface area is 163 Å². The molecule has 4 N–H and O–H groups in total. The lowest BCUT2D eigenvalue weighted by atomic mass is 10.1. The summed E-state index contributed by atoms with van der Waals surface area (Å²) in [6.07, 6.45) is 14.7. The van der Waals surface area contributed by atoms with Crippen molar-refractivity contribution in [3.63, 3.8) is 0 Å². The Balaban J connectivity index is 1.91. The maximum atomic E-state index is 12.5. The van der Waals surface area contributed by atoms with E-state index in [1.54, 1.807) is 50.2 Å². The molecule has 2 rings (SSSR count). The van der Waals surface area contributed by atoms with E-state index >= 15 is 0 Å². The molecule has 0 aromatic heterocycles. The number of aliphatic imine (C=N–C) groups is 2. The number of methoxy groups -OCH3 is 1. The van der Waals surface area contributed by atoms with Crippen LogP contribution in [0.15, 0.2) is 69.6 Å². The monoisotopic (exact) mass is 390 g/mol. The Morgan fingerprint density at radius 3 is 3.07 bits per heavy atom. The number of ether oxygens (including phenoxy) is 1. The average molecular weight is 391 g/mol. The molecule has 2 aliphatic heterocycles. The molecule has 2 atom stereocenters. The van der Waals surface area contributed by atoms with E-state index in [2.05, 4.69) is 31.3 Å². The van der Waals surface area contributed by atoms with E-state index in [0.717, 1.165) is 5.57 Å². The fraction of sp³-hybridized carbons (Fsp3) is 0.278. The predicted octanol–water partition coefficient (Wildman–Crippen LogP) is 0.886. The van der Waals surface area contributed by atoms with Crippen molar-refractivity contribution in [1.82, 2.24) is 21.3 Å². The molecule has 0 spiro atoms. The van der Waals surface area contributed by atoms with Gasteiger partial charge in [0, 0.05) is 24.5 Å². The average Bonchev–Trinajstić information content (AvgIpc) is 2.71. The van der Waals surface area contributed by atoms with Crippen LogP contribution in [0.3, 0.4) is 0 Å². The van der Waals surface area contributed by atoms with Crippen LogP contribution in [0.2, 0.25) is 0 Å². The molecule has 0 saturated carbocycles. The summed E-state index contributed by atoms with van der Waals surface area (Å²) in [5.41, 5.74) is 2.81. The number of carbonyl (C=O) groups is 1. The van der Waals surface area contributed by atoms with Crippen molar-refractivity contribution in [2.24, 2.45) is 9.98 Å². The zero-order chi connectivity index (χ0) is 19.3. The minimum Gasteiger partial charge on any atom is -0.504 e. The second kappa shape index (κ2) is 11.7. The molecule has 2 heterocycles. The molecule has 144 valence electrons. The standard InChI is InChI=1S/C18H23ClN6O2/c1-27-9-2-4-14(5-6-19)10-23-17-15(11-20-13-25-17)18(26)24-12-16-21-7-3-8-22-16/h2-9,11,13,16-17,21,23H,10,12H2,1H3,(H,20,25)(H,24,26)/b6-5+,9-2+,14-4+. The highest BCUT2D eigenvalue weighted by Crippen LogP contribution is 2.08. The highest BCUT2D eigenvalue weighted by atomic mass is 35.5. The van der Waals surface area contributed by atoms with Crippen LogP contribution in [-0.2, 0) is 9.53 Å². The Morgan fingerprint density at radius 2 is 2.33 bits per heavy atom. The maximum absolute atomic E-state index is 12.5. The number of halogens is 1. The number of nitrogens with zero attached hydrogens (tertiary/aromatic N) is 2. The van der Waals surface area contributed by atoms with Crippen molar-refractivity contribution in [2.75, 3.05) is 20.2 Å². The fourth-order valence-electron chi connectivity index (χ4n) is 2.28. The van der Waals surface area contributed by atoms with Crippen molar-refractivity contribution in [2.45, 2.75) is 12.3 Å². The summed E-state index contributed by atoms with van der Waals surface area (Å²) in [7, 11) is 1.57. The lowest BCUT2D eigenvalue weighted by molar-refractivity contribution is -0.117. The van der Waals surface area contributed by atoms with E-state index in [1.165, 1.54) is 11.9 Å². The molecular formula is C18H23ClN6O2. The van der Waals surface area contributed by atoms with Crippen LogP contribution in [0, 0.1) is 0 Å². The number of rotatable bonds is 9. The topological polar surface area (TPSA) is 99.1 Å². The second-order valence-electron chi connectivity index (χ2n) is 5.48. The summed E-state index contributed by atoms with van der Waals surface area (Å²) in [5.74, 6) is -0.221. The smallest absolute Gasteiger partial charge is 0.252 e. The number of carbonyl (C=O) groups excluding carboxylic acids is 1. The Kier molecular flexibility index (Phi) is 8.88. The van der Waals surface area contributed by atoms with Crippen molar-refractivity contribution >= 4 is 30.1 Å². The molecule has 0 bridgehead atoms. The zero-order valence-electron chi connectivity index (χ0n) is 14.9. The molecule has 8 nitrogen and oxygen atoms in total. The number of nitrogens with one attached hydrogen (secondary N) is 4. The van der Waals surface area contributed by atoms with E-state index in [9.17, 15) is 4.79 Å². The molecular weight excluding hydrogens is 368 g/mol. The summed E-state index contributed by atoms with van der Waals surface area (Å²) in [5, 5.41) is 12.0. The summed E-state index contributed by atoms with van der Waals surface area (Å²) in [6.45, 7) is 0.832. The van der Waals surface area contributed by atoms with Gasteiger partial charge in [0.2, 0.25) is 0 Å². The normalized spacial score (nSPS) is 21.9. The molecule has 0 fully saturated rings. The van der Waals surface area contributed by atoms with Crippen LogP contribution in [0.1, 0.15) is 0 Å². The first-order chi connectivity index (χ1) is 13.2. The Morgan fingerprint density at radius 1 is 1.44 bits per heavy atom. The van der Waals surface area contributed by atoms with Gasteiger partial charge < -0.3 is 20.7 Å². The molecule has 0 aliphatic carbocycles. The van der Waals surface area contributed by atoms with Gasteiger partial charge in [-0.3, -0.25) is 20.1 Å². The van der Waals surface area contributed by atoms with Crippen LogP contribution in [-0.4, -0.2) is 51.0 Å². The van der Waals surface area contributed by atoms with Crippen molar-refractivity contribution in [3.05, 3.63) is 59.6 Å². The van der Waals surface area contributed by atoms with Gasteiger partial charge >= 0.3 is 0 Å². The SMILES string of the molecule is CO/C=C/C=C(\C=C\Cl)CNC1N=CNC=C1C(=O)NCC1N=CC=CN1. The van der Waals surface area contributed by atoms with Gasteiger partial charge in [-0.05, 0) is 30.0 Å². The summed E-state index contributed by atoms with van der Waals surface area (Å²) in [6, 6.07) is 0. The van der Waals surface area contributed by atoms with Crippen molar-refractivity contribution in [3.8, 4) is 0 Å². The Hall–Kier alpha value is -2.84. The Bertz CT molecular complexity index is 709. The van der Waals surface area contributed by atoms with Gasteiger partial charge in [-0.25, -0.2) is 0 Å². The minimum absolute atomic E-state index is 0.179. The molecule has 9 heteroatoms. The van der Waals surface area contributed by atoms with Crippen LogP contribution in [0.5, 0.6) is 0 Å². The number of amides is 1. The minimum atomic E-state index is -0.479. The molecule has 2 unspecified atom stereocenters. The highest BCUT2D eigenvalue weighted by Gasteiger charge is 2.22. The van der Waals surface area contributed by atoms with E-state index < -0.39 is 6.17 Å². The third-order valence-corrected chi connectivity index (χ3v) is 3.71. The van der Waals surface area contributed by atoms with E-state index in [4.69, 9.17) is 16.3 Å². The van der Waals surface area contributed by atoms with Crippen LogP contribution >= 0.6 is 11.6 Å². The lowest BCUT2D eigenvalue weighted by Gasteiger charge is -2.22. The van der Waals surface area contributed by atoms with Crippen LogP contribution in [0.4, 0.5) is 0 Å². The fourth-order valence-corrected chi connectivity index (χ4v) is 2.44. The van der Waals surface area contributed by atoms with Gasteiger partial charge in [-0.2, -0.15) is 0 Å². The largest absolute Gasteiger partial charge is 0.504 e. The van der Waals surface area contributed by atoms with Gasteiger partial charge in [0.15, 0.2) is 0 Å². The summed E-state index contributed by atoms with van der Waals surface area (Å²) in [4.78, 5) is 21.0. The van der Waals surface area contributed by atoms with Gasteiger partial charge in [0.25, 0.3) is 5.91 Å². The number of allylic oxidation sites excluding steroid dienone is 3. The number of hydrogen-bond donors (Lipinski definition) is 4. The van der Waals surface area contributed by atoms with Crippen molar-refractivity contribution in [1.29, 1.82) is 0 Å². The second-order valence-corrected chi connectivity index (χ2v) is 5.73. The zero-order valence-corrected chi connectivity index (χ0v) is 15.7. The van der Waals surface area contributed by atoms with Gasteiger partial charge in [0.05, 0.1) is 31.8 Å². The molecule has 0 aromatic carbocycles. The summed E-state index contributed by atoms with van der Waals surface area (Å²) >= 11 is 5.68. The van der Waals surface area contributed by atoms with E-state index in [-0.39, 0.29) is 12.1 Å². The van der Waals surface area contributed by atoms with Gasteiger partial charge in [-0.1, -0.05) is 17.7 Å². The van der Waals surface area contributed by atoms with Gasteiger partial charge in [0.1, 0.15) is 12.3 Å². The molecule has 1 amide bonds. The van der Waals surface area contributed by atoms with Crippen LogP contribution in [0.25, 0.3) is 0 Å². The maximum Gasteiger partial charge on any atom is 0.252 e. The van der Waals surface area contributed by atoms with Gasteiger partial charge in [-0.15, -0.1) is 0 Å². The first-order valence-corrected chi connectivity index (χ1v) is 8.77. The van der Waals surface area contributed by atoms with E-state index in [1.807, 2.05) is 6.08 Å². The molecule has 27 heavy (non-hydrogen) atoms. The first kappa shape index (κ1) is 20.5. The molecule has 0 radical (unpaired) electrons. The predicted molar refractivity (Wildman–Crippen MR) is 108 cm³/mol. The third kappa shape index (κ3) is 7.12. The third-order valence-electron chi connectivity index (χ3n) is 3.59. The number of hydrogen-bond acceptors (Lipinski definition) is 7. The molecule has 0 saturated heterocycles. The van der Waals surface area contributed by atoms with E-state index in [0.29, 0.717) is 18.7 Å².